The van der Waals surface area contributed by atoms with Crippen LogP contribution in [0.2, 0.25) is 0 Å². The summed E-state index contributed by atoms with van der Waals surface area (Å²) in [4.78, 5) is 14.5. The molecule has 1 heterocycles. The normalized spacial score (nSPS) is 27.8. The van der Waals surface area contributed by atoms with Crippen LogP contribution in [0.25, 0.3) is 0 Å². The minimum absolute atomic E-state index is 0.0874. The summed E-state index contributed by atoms with van der Waals surface area (Å²) in [5, 5.41) is 14.0. The lowest BCUT2D eigenvalue weighted by Crippen LogP contribution is -2.30. The summed E-state index contributed by atoms with van der Waals surface area (Å²) in [6, 6.07) is 3.29. The highest BCUT2D eigenvalue weighted by Crippen LogP contribution is 2.30. The Morgan fingerprint density at radius 3 is 2.61 bits per heavy atom. The van der Waals surface area contributed by atoms with Crippen molar-refractivity contribution in [2.75, 3.05) is 5.32 Å². The second-order valence-electron chi connectivity index (χ2n) is 5.42. The van der Waals surface area contributed by atoms with Gasteiger partial charge in [-0.05, 0) is 31.1 Å². The van der Waals surface area contributed by atoms with Gasteiger partial charge in [0.1, 0.15) is 5.82 Å². The fourth-order valence-electron chi connectivity index (χ4n) is 2.89. The van der Waals surface area contributed by atoms with Crippen molar-refractivity contribution in [2.24, 2.45) is 11.8 Å². The van der Waals surface area contributed by atoms with Crippen LogP contribution in [0.4, 0.5) is 11.5 Å². The predicted molar refractivity (Wildman–Crippen MR) is 70.5 cm³/mol. The van der Waals surface area contributed by atoms with Crippen LogP contribution in [0.15, 0.2) is 18.3 Å². The van der Waals surface area contributed by atoms with Crippen LogP contribution >= 0.6 is 0 Å². The highest BCUT2D eigenvalue weighted by atomic mass is 16.6. The number of rotatable bonds is 3. The number of pyridine rings is 1. The van der Waals surface area contributed by atoms with Crippen LogP contribution in [-0.2, 0) is 0 Å². The number of nitrogens with one attached hydrogen (secondary N) is 1. The maximum Gasteiger partial charge on any atom is 0.274 e. The fraction of sp³-hybridized carbons (Fsp3) is 0.615. The Morgan fingerprint density at radius 1 is 1.33 bits per heavy atom. The van der Waals surface area contributed by atoms with Gasteiger partial charge in [-0.2, -0.15) is 0 Å². The van der Waals surface area contributed by atoms with Gasteiger partial charge in [-0.1, -0.05) is 13.8 Å². The van der Waals surface area contributed by atoms with E-state index in [1.54, 1.807) is 0 Å². The monoisotopic (exact) mass is 249 g/mol. The predicted octanol–water partition coefficient (Wildman–Crippen LogP) is 3.23. The SMILES string of the molecule is CC1CC(C)CC(Nc2cc([N+](=O)[O-])ccn2)C1. The van der Waals surface area contributed by atoms with Crippen molar-refractivity contribution < 1.29 is 4.92 Å². The van der Waals surface area contributed by atoms with Gasteiger partial charge in [-0.25, -0.2) is 4.98 Å². The second kappa shape index (κ2) is 5.33. The maximum absolute atomic E-state index is 10.7. The lowest BCUT2D eigenvalue weighted by Gasteiger charge is -2.32. The van der Waals surface area contributed by atoms with Gasteiger partial charge >= 0.3 is 0 Å². The van der Waals surface area contributed by atoms with Gasteiger partial charge in [-0.3, -0.25) is 10.1 Å². The van der Waals surface area contributed by atoms with Crippen LogP contribution in [0, 0.1) is 22.0 Å². The van der Waals surface area contributed by atoms with Crippen LogP contribution < -0.4 is 5.32 Å². The fourth-order valence-corrected chi connectivity index (χ4v) is 2.89. The molecule has 0 amide bonds. The van der Waals surface area contributed by atoms with Crippen molar-refractivity contribution in [3.05, 3.63) is 28.4 Å². The largest absolute Gasteiger partial charge is 0.367 e. The molecule has 0 bridgehead atoms. The molecule has 0 aromatic carbocycles. The Bertz CT molecular complexity index is 426. The lowest BCUT2D eigenvalue weighted by atomic mass is 9.80. The van der Waals surface area contributed by atoms with Gasteiger partial charge in [0.15, 0.2) is 0 Å². The molecule has 5 nitrogen and oxygen atoms in total. The average Bonchev–Trinajstić information content (AvgIpc) is 2.27. The number of nitro groups is 1. The molecule has 1 aliphatic rings. The molecule has 0 aliphatic heterocycles. The second-order valence-corrected chi connectivity index (χ2v) is 5.42. The quantitative estimate of drug-likeness (QED) is 0.659. The van der Waals surface area contributed by atoms with Crippen LogP contribution in [0.1, 0.15) is 33.1 Å². The minimum Gasteiger partial charge on any atom is -0.367 e. The highest BCUT2D eigenvalue weighted by molar-refractivity contribution is 5.44. The van der Waals surface area contributed by atoms with Crippen molar-refractivity contribution in [1.29, 1.82) is 0 Å². The van der Waals surface area contributed by atoms with Gasteiger partial charge in [0.25, 0.3) is 5.69 Å². The first-order chi connectivity index (χ1) is 8.54. The maximum atomic E-state index is 10.7. The first-order valence-electron chi connectivity index (χ1n) is 6.41. The van der Waals surface area contributed by atoms with Crippen molar-refractivity contribution in [3.63, 3.8) is 0 Å². The molecular formula is C13H19N3O2. The van der Waals surface area contributed by atoms with Gasteiger partial charge in [0.2, 0.25) is 0 Å². The van der Waals surface area contributed by atoms with E-state index in [2.05, 4.69) is 24.1 Å². The van der Waals surface area contributed by atoms with E-state index in [1.807, 2.05) is 0 Å². The van der Waals surface area contributed by atoms with E-state index in [-0.39, 0.29) is 10.6 Å². The molecule has 2 rings (SSSR count). The van der Waals surface area contributed by atoms with Crippen LogP contribution in [0.5, 0.6) is 0 Å². The molecule has 18 heavy (non-hydrogen) atoms. The van der Waals surface area contributed by atoms with E-state index >= 15 is 0 Å². The molecule has 0 spiro atoms. The molecule has 2 unspecified atom stereocenters. The highest BCUT2D eigenvalue weighted by Gasteiger charge is 2.24. The zero-order valence-electron chi connectivity index (χ0n) is 10.8. The standard InChI is InChI=1S/C13H19N3O2/c1-9-5-10(2)7-11(6-9)15-13-8-12(16(17)18)3-4-14-13/h3-4,8-11H,5-7H2,1-2H3,(H,14,15). The lowest BCUT2D eigenvalue weighted by molar-refractivity contribution is -0.384. The number of hydrogen-bond donors (Lipinski definition) is 1. The molecule has 1 aromatic heterocycles. The third-order valence-electron chi connectivity index (χ3n) is 3.48. The Labute approximate surface area is 107 Å². The summed E-state index contributed by atoms with van der Waals surface area (Å²) in [5.41, 5.74) is 0.0874. The van der Waals surface area contributed by atoms with Gasteiger partial charge in [0, 0.05) is 18.3 Å². The average molecular weight is 249 g/mol. The van der Waals surface area contributed by atoms with E-state index < -0.39 is 0 Å². The van der Waals surface area contributed by atoms with Crippen molar-refractivity contribution in [3.8, 4) is 0 Å². The van der Waals surface area contributed by atoms with E-state index in [0.29, 0.717) is 23.7 Å². The molecule has 1 saturated carbocycles. The van der Waals surface area contributed by atoms with E-state index in [4.69, 9.17) is 0 Å². The summed E-state index contributed by atoms with van der Waals surface area (Å²) in [6.45, 7) is 4.51. The summed E-state index contributed by atoms with van der Waals surface area (Å²) >= 11 is 0. The molecule has 5 heteroatoms. The zero-order valence-corrected chi connectivity index (χ0v) is 10.8. The summed E-state index contributed by atoms with van der Waals surface area (Å²) in [7, 11) is 0. The van der Waals surface area contributed by atoms with Gasteiger partial charge in [0.05, 0.1) is 11.0 Å². The number of nitrogens with zero attached hydrogens (tertiary/aromatic N) is 2. The zero-order chi connectivity index (χ0) is 13.1. The summed E-state index contributed by atoms with van der Waals surface area (Å²) in [5.74, 6) is 2.00. The Balaban J connectivity index is 2.04. The van der Waals surface area contributed by atoms with E-state index in [0.717, 1.165) is 12.8 Å². The molecule has 98 valence electrons. The number of aromatic nitrogens is 1. The molecule has 1 aliphatic carbocycles. The smallest absolute Gasteiger partial charge is 0.274 e. The molecule has 0 saturated heterocycles. The molecule has 1 fully saturated rings. The molecule has 0 radical (unpaired) electrons. The topological polar surface area (TPSA) is 68.1 Å². The Morgan fingerprint density at radius 2 is 2.00 bits per heavy atom. The van der Waals surface area contributed by atoms with Gasteiger partial charge < -0.3 is 5.32 Å². The van der Waals surface area contributed by atoms with Crippen molar-refractivity contribution in [1.82, 2.24) is 4.98 Å². The summed E-state index contributed by atoms with van der Waals surface area (Å²) < 4.78 is 0. The summed E-state index contributed by atoms with van der Waals surface area (Å²) in [6.07, 6.45) is 4.96. The van der Waals surface area contributed by atoms with E-state index in [1.165, 1.54) is 24.8 Å². The molecular weight excluding hydrogens is 230 g/mol. The third kappa shape index (κ3) is 3.18. The van der Waals surface area contributed by atoms with Crippen molar-refractivity contribution >= 4 is 11.5 Å². The molecule has 1 aromatic rings. The third-order valence-corrected chi connectivity index (χ3v) is 3.48. The molecule has 2 atom stereocenters. The first-order valence-corrected chi connectivity index (χ1v) is 6.41. The number of anilines is 1. The first kappa shape index (κ1) is 12.8. The van der Waals surface area contributed by atoms with Crippen molar-refractivity contribution in [2.45, 2.75) is 39.2 Å². The Kier molecular flexibility index (Phi) is 3.79. The minimum atomic E-state index is -0.390. The van der Waals surface area contributed by atoms with E-state index in [9.17, 15) is 10.1 Å². The number of hydrogen-bond acceptors (Lipinski definition) is 4. The van der Waals surface area contributed by atoms with Crippen LogP contribution in [-0.4, -0.2) is 15.9 Å². The van der Waals surface area contributed by atoms with Crippen LogP contribution in [0.3, 0.4) is 0 Å². The van der Waals surface area contributed by atoms with Gasteiger partial charge in [-0.15, -0.1) is 0 Å². The Hall–Kier alpha value is -1.65. The molecule has 1 N–H and O–H groups in total.